The number of hydrogen-bond acceptors (Lipinski definition) is 4. The Morgan fingerprint density at radius 2 is 1.75 bits per heavy atom. The minimum atomic E-state index is -2.97. The van der Waals surface area contributed by atoms with Gasteiger partial charge in [0.25, 0.3) is 5.91 Å². The van der Waals surface area contributed by atoms with E-state index in [1.807, 2.05) is 45.0 Å². The number of carbonyl (C=O) groups is 1. The zero-order valence-electron chi connectivity index (χ0n) is 17.4. The third kappa shape index (κ3) is 9.72. The molecule has 0 saturated heterocycles. The summed E-state index contributed by atoms with van der Waals surface area (Å²) >= 11 is 0. The van der Waals surface area contributed by atoms with Crippen LogP contribution in [0.5, 0.6) is 0 Å². The molecule has 1 atom stereocenters. The number of guanidine groups is 1. The van der Waals surface area contributed by atoms with E-state index in [0.29, 0.717) is 37.6 Å². The van der Waals surface area contributed by atoms with Crippen LogP contribution in [0.2, 0.25) is 0 Å². The number of amides is 1. The summed E-state index contributed by atoms with van der Waals surface area (Å²) in [6.45, 7) is 7.80. The first kappa shape index (κ1) is 26.6. The van der Waals surface area contributed by atoms with E-state index < -0.39 is 9.84 Å². The van der Waals surface area contributed by atoms with E-state index >= 15 is 0 Å². The van der Waals surface area contributed by atoms with E-state index in [-0.39, 0.29) is 41.7 Å². The van der Waals surface area contributed by atoms with Crippen LogP contribution < -0.4 is 10.6 Å². The van der Waals surface area contributed by atoms with E-state index in [0.717, 1.165) is 5.56 Å². The molecule has 0 spiro atoms. The van der Waals surface area contributed by atoms with Gasteiger partial charge >= 0.3 is 0 Å². The average Bonchev–Trinajstić information content (AvgIpc) is 2.64. The number of aliphatic imine (C=N–C) groups is 1. The smallest absolute Gasteiger partial charge is 0.253 e. The number of halogens is 1. The van der Waals surface area contributed by atoms with Crippen molar-refractivity contribution in [3.8, 4) is 0 Å². The molecule has 2 N–H and O–H groups in total. The van der Waals surface area contributed by atoms with Crippen molar-refractivity contribution in [1.82, 2.24) is 15.5 Å². The van der Waals surface area contributed by atoms with Crippen LogP contribution in [0.1, 0.15) is 43.1 Å². The van der Waals surface area contributed by atoms with Crippen molar-refractivity contribution in [3.63, 3.8) is 0 Å². The van der Waals surface area contributed by atoms with Gasteiger partial charge in [-0.25, -0.2) is 8.42 Å². The van der Waals surface area contributed by atoms with Crippen LogP contribution in [0.4, 0.5) is 0 Å². The molecule has 0 aliphatic heterocycles. The van der Waals surface area contributed by atoms with E-state index in [1.54, 1.807) is 11.9 Å². The number of sulfone groups is 1. The van der Waals surface area contributed by atoms with Gasteiger partial charge in [0.1, 0.15) is 9.84 Å². The highest BCUT2D eigenvalue weighted by molar-refractivity contribution is 14.0. The van der Waals surface area contributed by atoms with Crippen molar-refractivity contribution in [1.29, 1.82) is 0 Å². The summed E-state index contributed by atoms with van der Waals surface area (Å²) < 4.78 is 22.5. The van der Waals surface area contributed by atoms with Crippen LogP contribution in [0.15, 0.2) is 29.3 Å². The van der Waals surface area contributed by atoms with Crippen molar-refractivity contribution in [2.45, 2.75) is 39.8 Å². The Labute approximate surface area is 186 Å². The highest BCUT2D eigenvalue weighted by Crippen LogP contribution is 2.08. The van der Waals surface area contributed by atoms with Gasteiger partial charge in [0.05, 0.1) is 5.75 Å². The Hall–Kier alpha value is -1.36. The first-order valence-corrected chi connectivity index (χ1v) is 11.3. The van der Waals surface area contributed by atoms with Gasteiger partial charge in [0, 0.05) is 44.5 Å². The second kappa shape index (κ2) is 13.0. The molecule has 7 nitrogen and oxygen atoms in total. The minimum Gasteiger partial charge on any atom is -0.354 e. The molecular weight excluding hydrogens is 491 g/mol. The Morgan fingerprint density at radius 3 is 2.21 bits per heavy atom. The van der Waals surface area contributed by atoms with Gasteiger partial charge in [0.15, 0.2) is 5.96 Å². The van der Waals surface area contributed by atoms with Crippen LogP contribution in [0.3, 0.4) is 0 Å². The first-order valence-electron chi connectivity index (χ1n) is 9.23. The van der Waals surface area contributed by atoms with Crippen molar-refractivity contribution in [2.75, 3.05) is 32.1 Å². The number of nitrogens with one attached hydrogen (secondary N) is 2. The third-order valence-corrected chi connectivity index (χ3v) is 5.22. The van der Waals surface area contributed by atoms with E-state index in [4.69, 9.17) is 0 Å². The lowest BCUT2D eigenvalue weighted by molar-refractivity contribution is 0.0773. The maximum Gasteiger partial charge on any atom is 0.253 e. The lowest BCUT2D eigenvalue weighted by atomic mass is 10.1. The predicted octanol–water partition coefficient (Wildman–Crippen LogP) is 2.27. The molecular formula is C19H33IN4O3S. The quantitative estimate of drug-likeness (QED) is 0.294. The molecule has 0 saturated carbocycles. The monoisotopic (exact) mass is 524 g/mol. The highest BCUT2D eigenvalue weighted by atomic mass is 127. The Kier molecular flexibility index (Phi) is 12.3. The molecule has 160 valence electrons. The number of benzene rings is 1. The molecule has 0 radical (unpaired) electrons. The van der Waals surface area contributed by atoms with Crippen LogP contribution in [-0.2, 0) is 16.4 Å². The predicted molar refractivity (Wildman–Crippen MR) is 126 cm³/mol. The fourth-order valence-electron chi connectivity index (χ4n) is 2.54. The second-order valence-electron chi connectivity index (χ2n) is 6.56. The van der Waals surface area contributed by atoms with Crippen molar-refractivity contribution < 1.29 is 13.2 Å². The van der Waals surface area contributed by atoms with Crippen molar-refractivity contribution >= 4 is 45.7 Å². The van der Waals surface area contributed by atoms with Gasteiger partial charge in [-0.3, -0.25) is 9.79 Å². The highest BCUT2D eigenvalue weighted by Gasteiger charge is 2.12. The summed E-state index contributed by atoms with van der Waals surface area (Å²) in [5.41, 5.74) is 1.71. The van der Waals surface area contributed by atoms with Gasteiger partial charge in [-0.15, -0.1) is 24.0 Å². The molecule has 1 aromatic carbocycles. The molecule has 1 amide bonds. The standard InChI is InChI=1S/C19H32N4O3S.HI/c1-6-23(7-2)18(24)17-10-8-16(9-11-17)14-21-19(20-4)22-15(3)12-13-27(5,25)26;/h8-11,15H,6-7,12-14H2,1-5H3,(H2,20,21,22);1H. The normalized spacial score (nSPS) is 12.7. The summed E-state index contributed by atoms with van der Waals surface area (Å²) in [6, 6.07) is 7.50. The number of nitrogens with zero attached hydrogens (tertiary/aromatic N) is 2. The number of hydrogen-bond donors (Lipinski definition) is 2. The molecule has 0 fully saturated rings. The van der Waals surface area contributed by atoms with E-state index in [9.17, 15) is 13.2 Å². The maximum atomic E-state index is 12.3. The third-order valence-electron chi connectivity index (χ3n) is 4.24. The molecule has 0 aromatic heterocycles. The largest absolute Gasteiger partial charge is 0.354 e. The van der Waals surface area contributed by atoms with Crippen molar-refractivity contribution in [2.24, 2.45) is 4.99 Å². The Balaban J connectivity index is 0.00000729. The Bertz CT molecular complexity index is 732. The number of carbonyl (C=O) groups excluding carboxylic acids is 1. The zero-order valence-corrected chi connectivity index (χ0v) is 20.5. The van der Waals surface area contributed by atoms with Gasteiger partial charge in [-0.2, -0.15) is 0 Å². The molecule has 0 bridgehead atoms. The first-order chi connectivity index (χ1) is 12.7. The van der Waals surface area contributed by atoms with Gasteiger partial charge in [-0.05, 0) is 44.9 Å². The fraction of sp³-hybridized carbons (Fsp3) is 0.579. The minimum absolute atomic E-state index is 0. The molecule has 9 heteroatoms. The molecule has 0 aliphatic carbocycles. The zero-order chi connectivity index (χ0) is 20.4. The SMILES string of the molecule is CCN(CC)C(=O)c1ccc(CNC(=NC)NC(C)CCS(C)(=O)=O)cc1.I. The summed E-state index contributed by atoms with van der Waals surface area (Å²) in [5.74, 6) is 0.788. The van der Waals surface area contributed by atoms with Gasteiger partial charge in [0.2, 0.25) is 0 Å². The lowest BCUT2D eigenvalue weighted by Gasteiger charge is -2.19. The number of rotatable bonds is 9. The van der Waals surface area contributed by atoms with E-state index in [2.05, 4.69) is 15.6 Å². The molecule has 1 rings (SSSR count). The summed E-state index contributed by atoms with van der Waals surface area (Å²) in [5, 5.41) is 6.38. The van der Waals surface area contributed by atoms with Crippen molar-refractivity contribution in [3.05, 3.63) is 35.4 Å². The fourth-order valence-corrected chi connectivity index (χ4v) is 3.32. The Morgan fingerprint density at radius 1 is 1.18 bits per heavy atom. The van der Waals surface area contributed by atoms with Gasteiger partial charge < -0.3 is 15.5 Å². The summed E-state index contributed by atoms with van der Waals surface area (Å²) in [6.07, 6.45) is 1.75. The van der Waals surface area contributed by atoms with Crippen LogP contribution in [0, 0.1) is 0 Å². The van der Waals surface area contributed by atoms with Crippen LogP contribution >= 0.6 is 24.0 Å². The van der Waals surface area contributed by atoms with Crippen LogP contribution in [0.25, 0.3) is 0 Å². The van der Waals surface area contributed by atoms with Crippen LogP contribution in [-0.4, -0.2) is 63.4 Å². The molecule has 28 heavy (non-hydrogen) atoms. The summed E-state index contributed by atoms with van der Waals surface area (Å²) in [4.78, 5) is 18.3. The van der Waals surface area contributed by atoms with Gasteiger partial charge in [-0.1, -0.05) is 12.1 Å². The lowest BCUT2D eigenvalue weighted by Crippen LogP contribution is -2.42. The summed E-state index contributed by atoms with van der Waals surface area (Å²) in [7, 11) is -1.30. The second-order valence-corrected chi connectivity index (χ2v) is 8.82. The molecule has 0 heterocycles. The van der Waals surface area contributed by atoms with E-state index in [1.165, 1.54) is 6.26 Å². The average molecular weight is 524 g/mol. The molecule has 0 aliphatic rings. The maximum absolute atomic E-state index is 12.3. The molecule has 1 unspecified atom stereocenters. The molecule has 1 aromatic rings. The topological polar surface area (TPSA) is 90.9 Å².